The van der Waals surface area contributed by atoms with Crippen molar-refractivity contribution in [3.05, 3.63) is 137 Å². The molecule has 1 amide bonds. The zero-order chi connectivity index (χ0) is 27.5. The van der Waals surface area contributed by atoms with E-state index in [1.807, 2.05) is 126 Å². The number of benzene rings is 4. The highest BCUT2D eigenvalue weighted by molar-refractivity contribution is 8.00. The number of carbonyl (C=O) groups excluding carboxylic acids is 1. The molecule has 0 N–H and O–H groups in total. The van der Waals surface area contributed by atoms with Gasteiger partial charge in [0.2, 0.25) is 0 Å². The van der Waals surface area contributed by atoms with Crippen LogP contribution >= 0.6 is 35.0 Å². The third-order valence-corrected chi connectivity index (χ3v) is 7.85. The maximum Gasteiger partial charge on any atom is 0.280 e. The van der Waals surface area contributed by atoms with Gasteiger partial charge in [0.15, 0.2) is 0 Å². The van der Waals surface area contributed by atoms with E-state index in [0.717, 1.165) is 27.4 Å². The molecule has 0 spiro atoms. The monoisotopic (exact) mass is 580 g/mol. The summed E-state index contributed by atoms with van der Waals surface area (Å²) in [6.07, 6.45) is 3.83. The fourth-order valence-electron chi connectivity index (χ4n) is 4.33. The first kappa shape index (κ1) is 26.1. The largest absolute Gasteiger partial charge is 0.280 e. The predicted octanol–water partition coefficient (Wildman–Crippen LogP) is 8.42. The topological polar surface area (TPSA) is 50.5 Å². The first-order valence-electron chi connectivity index (χ1n) is 12.5. The van der Waals surface area contributed by atoms with Crippen molar-refractivity contribution in [3.8, 4) is 16.9 Å². The lowest BCUT2D eigenvalue weighted by atomic mass is 10.0. The lowest BCUT2D eigenvalue weighted by Gasteiger charge is -2.10. The Morgan fingerprint density at radius 1 is 0.750 bits per heavy atom. The smallest absolute Gasteiger partial charge is 0.267 e. The number of aromatic nitrogens is 2. The second kappa shape index (κ2) is 11.6. The molecule has 0 saturated heterocycles. The standard InChI is InChI=1S/C32H22Cl2N4OS/c33-24-13-11-22(12-14-24)31-23(20-37(36-31)26-7-3-1-4-8-26)19-29-30(21-40-28-17-15-25(34)16-18-28)35-38(32(29)39)27-9-5-2-6-10-27/h1-20H,21H2/b29-19-. The van der Waals surface area contributed by atoms with Crippen LogP contribution in [0, 0.1) is 0 Å². The number of hydrazone groups is 1. The highest BCUT2D eigenvalue weighted by Crippen LogP contribution is 2.32. The van der Waals surface area contributed by atoms with Gasteiger partial charge in [-0.05, 0) is 66.7 Å². The van der Waals surface area contributed by atoms with E-state index in [1.54, 1.807) is 11.8 Å². The average molecular weight is 582 g/mol. The molecule has 0 bridgehead atoms. The first-order valence-corrected chi connectivity index (χ1v) is 14.3. The minimum atomic E-state index is -0.188. The van der Waals surface area contributed by atoms with E-state index >= 15 is 0 Å². The second-order valence-electron chi connectivity index (χ2n) is 9.02. The summed E-state index contributed by atoms with van der Waals surface area (Å²) in [5.74, 6) is 0.318. The zero-order valence-electron chi connectivity index (χ0n) is 21.1. The van der Waals surface area contributed by atoms with Gasteiger partial charge in [0.1, 0.15) is 0 Å². The summed E-state index contributed by atoms with van der Waals surface area (Å²) in [4.78, 5) is 14.9. The molecule has 4 aromatic carbocycles. The van der Waals surface area contributed by atoms with Gasteiger partial charge in [-0.1, -0.05) is 71.7 Å². The van der Waals surface area contributed by atoms with Crippen molar-refractivity contribution >= 4 is 58.3 Å². The minimum absolute atomic E-state index is 0.188. The normalized spacial score (nSPS) is 14.2. The van der Waals surface area contributed by atoms with Crippen LogP contribution in [0.25, 0.3) is 23.0 Å². The van der Waals surface area contributed by atoms with Crippen LogP contribution in [-0.4, -0.2) is 27.2 Å². The summed E-state index contributed by atoms with van der Waals surface area (Å²) < 4.78 is 1.82. The van der Waals surface area contributed by atoms with E-state index < -0.39 is 0 Å². The molecule has 5 nitrogen and oxygen atoms in total. The number of anilines is 1. The molecule has 1 aromatic heterocycles. The highest BCUT2D eigenvalue weighted by atomic mass is 35.5. The number of rotatable bonds is 7. The number of thioether (sulfide) groups is 1. The Morgan fingerprint density at radius 3 is 2.00 bits per heavy atom. The molecule has 6 rings (SSSR count). The van der Waals surface area contributed by atoms with Crippen molar-refractivity contribution in [1.29, 1.82) is 0 Å². The van der Waals surface area contributed by atoms with Crippen molar-refractivity contribution in [1.82, 2.24) is 9.78 Å². The van der Waals surface area contributed by atoms with Gasteiger partial charge in [-0.2, -0.15) is 15.2 Å². The number of hydrogen-bond donors (Lipinski definition) is 0. The Labute approximate surface area is 246 Å². The number of hydrogen-bond acceptors (Lipinski definition) is 4. The van der Waals surface area contributed by atoms with Crippen LogP contribution in [0.3, 0.4) is 0 Å². The van der Waals surface area contributed by atoms with Gasteiger partial charge >= 0.3 is 0 Å². The summed E-state index contributed by atoms with van der Waals surface area (Å²) >= 11 is 13.8. The summed E-state index contributed by atoms with van der Waals surface area (Å²) in [7, 11) is 0. The molecule has 40 heavy (non-hydrogen) atoms. The van der Waals surface area contributed by atoms with Crippen molar-refractivity contribution in [2.75, 3.05) is 10.8 Å². The molecule has 196 valence electrons. The number of nitrogens with zero attached hydrogens (tertiary/aromatic N) is 4. The van der Waals surface area contributed by atoms with Crippen molar-refractivity contribution in [2.45, 2.75) is 4.90 Å². The Kier molecular flexibility index (Phi) is 7.55. The van der Waals surface area contributed by atoms with Crippen LogP contribution in [0.4, 0.5) is 5.69 Å². The summed E-state index contributed by atoms with van der Waals surface area (Å²) in [5, 5.41) is 12.5. The molecule has 0 radical (unpaired) electrons. The van der Waals surface area contributed by atoms with E-state index in [4.69, 9.17) is 33.4 Å². The molecule has 0 unspecified atom stereocenters. The van der Waals surface area contributed by atoms with E-state index in [1.165, 1.54) is 5.01 Å². The lowest BCUT2D eigenvalue weighted by Crippen LogP contribution is -2.21. The Bertz CT molecular complexity index is 1720. The second-order valence-corrected chi connectivity index (χ2v) is 10.9. The molecule has 0 fully saturated rings. The number of amides is 1. The maximum absolute atomic E-state index is 13.8. The van der Waals surface area contributed by atoms with E-state index in [9.17, 15) is 4.79 Å². The molecule has 5 aromatic rings. The molecule has 0 aliphatic carbocycles. The lowest BCUT2D eigenvalue weighted by molar-refractivity contribution is -0.114. The van der Waals surface area contributed by atoms with Gasteiger partial charge in [-0.15, -0.1) is 11.8 Å². The fourth-order valence-corrected chi connectivity index (χ4v) is 5.43. The van der Waals surface area contributed by atoms with Crippen molar-refractivity contribution in [3.63, 3.8) is 0 Å². The fraction of sp³-hybridized carbons (Fsp3) is 0.0312. The Hall–Kier alpha value is -4.10. The van der Waals surface area contributed by atoms with E-state index in [-0.39, 0.29) is 5.91 Å². The summed E-state index contributed by atoms with van der Waals surface area (Å²) in [6.45, 7) is 0. The summed E-state index contributed by atoms with van der Waals surface area (Å²) in [5.41, 5.74) is 5.26. The molecule has 1 aliphatic rings. The minimum Gasteiger partial charge on any atom is -0.267 e. The summed E-state index contributed by atoms with van der Waals surface area (Å²) in [6, 6.07) is 34.5. The highest BCUT2D eigenvalue weighted by Gasteiger charge is 2.31. The average Bonchev–Trinajstić information content (AvgIpc) is 3.55. The first-order chi connectivity index (χ1) is 19.5. The third kappa shape index (κ3) is 5.61. The van der Waals surface area contributed by atoms with Gasteiger partial charge in [0.25, 0.3) is 5.91 Å². The zero-order valence-corrected chi connectivity index (χ0v) is 23.4. The number of para-hydroxylation sites is 2. The number of carbonyl (C=O) groups is 1. The van der Waals surface area contributed by atoms with Crippen LogP contribution in [0.15, 0.2) is 131 Å². The van der Waals surface area contributed by atoms with Gasteiger partial charge in [0.05, 0.1) is 28.4 Å². The number of halogens is 2. The SMILES string of the molecule is O=C1/C(=C\c2cn(-c3ccccc3)nc2-c2ccc(Cl)cc2)C(CSc2ccc(Cl)cc2)=NN1c1ccccc1. The van der Waals surface area contributed by atoms with Gasteiger partial charge in [0, 0.05) is 38.0 Å². The van der Waals surface area contributed by atoms with Crippen LogP contribution in [-0.2, 0) is 4.79 Å². The van der Waals surface area contributed by atoms with Gasteiger partial charge < -0.3 is 0 Å². The van der Waals surface area contributed by atoms with Crippen LogP contribution < -0.4 is 5.01 Å². The Balaban J connectivity index is 1.43. The Morgan fingerprint density at radius 2 is 1.35 bits per heavy atom. The van der Waals surface area contributed by atoms with Crippen molar-refractivity contribution < 1.29 is 4.79 Å². The van der Waals surface area contributed by atoms with Crippen LogP contribution in [0.1, 0.15) is 5.56 Å². The third-order valence-electron chi connectivity index (χ3n) is 6.33. The predicted molar refractivity (Wildman–Crippen MR) is 166 cm³/mol. The molecular formula is C32H22Cl2N4OS. The molecule has 8 heteroatoms. The quantitative estimate of drug-likeness (QED) is 0.143. The van der Waals surface area contributed by atoms with Gasteiger partial charge in [-0.3, -0.25) is 4.79 Å². The molecule has 2 heterocycles. The van der Waals surface area contributed by atoms with Gasteiger partial charge in [-0.25, -0.2) is 4.68 Å². The molecule has 1 aliphatic heterocycles. The van der Waals surface area contributed by atoms with E-state index in [0.29, 0.717) is 32.8 Å². The van der Waals surface area contributed by atoms with Crippen LogP contribution in [0.5, 0.6) is 0 Å². The van der Waals surface area contributed by atoms with E-state index in [2.05, 4.69) is 0 Å². The maximum atomic E-state index is 13.8. The molecular weight excluding hydrogens is 559 g/mol. The molecule has 0 saturated carbocycles. The van der Waals surface area contributed by atoms with Crippen LogP contribution in [0.2, 0.25) is 10.0 Å². The molecule has 0 atom stereocenters. The van der Waals surface area contributed by atoms with Crippen molar-refractivity contribution in [2.24, 2.45) is 5.10 Å².